The van der Waals surface area contributed by atoms with E-state index in [1.165, 1.54) is 24.3 Å². The number of anilines is 2. The molecule has 0 bridgehead atoms. The Morgan fingerprint density at radius 2 is 1.66 bits per heavy atom. The summed E-state index contributed by atoms with van der Waals surface area (Å²) in [6.45, 7) is 1.94. The number of carbonyl (C=O) groups excluding carboxylic acids is 1. The number of nitrogens with zero attached hydrogens (tertiary/aromatic N) is 1. The third-order valence-electron chi connectivity index (χ3n) is 4.21. The molecule has 29 heavy (non-hydrogen) atoms. The number of para-hydroxylation sites is 1. The predicted molar refractivity (Wildman–Crippen MR) is 116 cm³/mol. The standard InChI is InChI=1S/C21H17N3O3S2/c1-14-22-19-12-9-17(13-20(19)28-14)23-21(25)15-7-10-18(11-8-15)29(26,27)24-16-5-3-2-4-6-16/h2-13,24H,1H3,(H,23,25). The smallest absolute Gasteiger partial charge is 0.261 e. The second kappa shape index (κ2) is 7.65. The van der Waals surface area contributed by atoms with E-state index in [1.807, 2.05) is 19.1 Å². The second-order valence-corrected chi connectivity index (χ2v) is 9.28. The summed E-state index contributed by atoms with van der Waals surface area (Å²) >= 11 is 1.56. The number of amides is 1. The highest BCUT2D eigenvalue weighted by atomic mass is 32.2. The van der Waals surface area contributed by atoms with Crippen LogP contribution >= 0.6 is 11.3 Å². The number of hydrogen-bond acceptors (Lipinski definition) is 5. The number of hydrogen-bond donors (Lipinski definition) is 2. The van der Waals surface area contributed by atoms with E-state index in [2.05, 4.69) is 15.0 Å². The van der Waals surface area contributed by atoms with E-state index in [-0.39, 0.29) is 10.8 Å². The number of thiazole rings is 1. The first-order valence-electron chi connectivity index (χ1n) is 8.77. The van der Waals surface area contributed by atoms with Gasteiger partial charge in [-0.2, -0.15) is 0 Å². The monoisotopic (exact) mass is 423 g/mol. The zero-order chi connectivity index (χ0) is 20.4. The van der Waals surface area contributed by atoms with Crippen molar-refractivity contribution in [1.82, 2.24) is 4.98 Å². The van der Waals surface area contributed by atoms with Crippen LogP contribution in [0, 0.1) is 6.92 Å². The Kier molecular flexibility index (Phi) is 5.04. The van der Waals surface area contributed by atoms with Crippen molar-refractivity contribution in [2.45, 2.75) is 11.8 Å². The Labute approximate surface area is 172 Å². The van der Waals surface area contributed by atoms with E-state index >= 15 is 0 Å². The van der Waals surface area contributed by atoms with E-state index in [0.717, 1.165) is 15.2 Å². The van der Waals surface area contributed by atoms with Crippen LogP contribution in [0.5, 0.6) is 0 Å². The molecule has 0 radical (unpaired) electrons. The Bertz CT molecular complexity index is 1280. The lowest BCUT2D eigenvalue weighted by Gasteiger charge is -2.09. The third kappa shape index (κ3) is 4.28. The van der Waals surface area contributed by atoms with Gasteiger partial charge in [-0.25, -0.2) is 13.4 Å². The van der Waals surface area contributed by atoms with E-state index in [4.69, 9.17) is 0 Å². The molecule has 1 heterocycles. The van der Waals surface area contributed by atoms with E-state index in [9.17, 15) is 13.2 Å². The first-order valence-corrected chi connectivity index (χ1v) is 11.1. The highest BCUT2D eigenvalue weighted by Gasteiger charge is 2.15. The molecule has 0 aliphatic rings. The summed E-state index contributed by atoms with van der Waals surface area (Å²) in [7, 11) is -3.72. The minimum Gasteiger partial charge on any atom is -0.322 e. The lowest BCUT2D eigenvalue weighted by atomic mass is 10.2. The summed E-state index contributed by atoms with van der Waals surface area (Å²) in [5.41, 5.74) is 2.40. The van der Waals surface area contributed by atoms with Gasteiger partial charge in [0.25, 0.3) is 15.9 Å². The molecule has 3 aromatic carbocycles. The minimum absolute atomic E-state index is 0.0828. The molecule has 0 atom stereocenters. The molecular formula is C21H17N3O3S2. The topological polar surface area (TPSA) is 88.2 Å². The van der Waals surface area contributed by atoms with Gasteiger partial charge < -0.3 is 5.32 Å². The number of benzene rings is 3. The van der Waals surface area contributed by atoms with E-state index < -0.39 is 10.0 Å². The van der Waals surface area contributed by atoms with Crippen molar-refractivity contribution in [2.24, 2.45) is 0 Å². The number of carbonyl (C=O) groups is 1. The second-order valence-electron chi connectivity index (χ2n) is 6.37. The molecule has 0 aliphatic carbocycles. The van der Waals surface area contributed by atoms with Gasteiger partial charge in [0.2, 0.25) is 0 Å². The maximum absolute atomic E-state index is 12.5. The van der Waals surface area contributed by atoms with Gasteiger partial charge in [0.05, 0.1) is 20.1 Å². The number of aryl methyl sites for hydroxylation is 1. The van der Waals surface area contributed by atoms with Crippen LogP contribution in [0.2, 0.25) is 0 Å². The van der Waals surface area contributed by atoms with Crippen LogP contribution < -0.4 is 10.0 Å². The Morgan fingerprint density at radius 1 is 0.931 bits per heavy atom. The molecule has 0 aliphatic heterocycles. The summed E-state index contributed by atoms with van der Waals surface area (Å²) in [5, 5.41) is 3.79. The SMILES string of the molecule is Cc1nc2ccc(NC(=O)c3ccc(S(=O)(=O)Nc4ccccc4)cc3)cc2s1. The van der Waals surface area contributed by atoms with Crippen molar-refractivity contribution in [3.63, 3.8) is 0 Å². The normalized spacial score (nSPS) is 11.3. The molecule has 8 heteroatoms. The quantitative estimate of drug-likeness (QED) is 0.489. The van der Waals surface area contributed by atoms with Crippen LogP contribution in [0.4, 0.5) is 11.4 Å². The lowest BCUT2D eigenvalue weighted by molar-refractivity contribution is 0.102. The van der Waals surface area contributed by atoms with Crippen LogP contribution in [-0.2, 0) is 10.0 Å². The summed E-state index contributed by atoms with van der Waals surface area (Å²) in [6, 6.07) is 20.0. The van der Waals surface area contributed by atoms with Gasteiger partial charge in [0, 0.05) is 16.9 Å². The first-order chi connectivity index (χ1) is 13.9. The summed E-state index contributed by atoms with van der Waals surface area (Å²) in [6.07, 6.45) is 0. The molecule has 0 fully saturated rings. The van der Waals surface area contributed by atoms with Crippen LogP contribution in [-0.4, -0.2) is 19.3 Å². The van der Waals surface area contributed by atoms with Crippen molar-refractivity contribution in [3.05, 3.63) is 83.4 Å². The predicted octanol–water partition coefficient (Wildman–Crippen LogP) is 4.66. The lowest BCUT2D eigenvalue weighted by Crippen LogP contribution is -2.14. The minimum atomic E-state index is -3.72. The fourth-order valence-corrected chi connectivity index (χ4v) is 4.75. The highest BCUT2D eigenvalue weighted by Crippen LogP contribution is 2.25. The van der Waals surface area contributed by atoms with Gasteiger partial charge in [0.15, 0.2) is 0 Å². The first kappa shape index (κ1) is 19.1. The number of rotatable bonds is 5. The highest BCUT2D eigenvalue weighted by molar-refractivity contribution is 7.92. The zero-order valence-corrected chi connectivity index (χ0v) is 17.0. The maximum atomic E-state index is 12.5. The average molecular weight is 424 g/mol. The van der Waals surface area contributed by atoms with Gasteiger partial charge in [-0.15, -0.1) is 11.3 Å². The Balaban J connectivity index is 1.49. The average Bonchev–Trinajstić information content (AvgIpc) is 3.08. The van der Waals surface area contributed by atoms with Crippen LogP contribution in [0.15, 0.2) is 77.7 Å². The molecule has 0 saturated heterocycles. The van der Waals surface area contributed by atoms with Crippen molar-refractivity contribution in [3.8, 4) is 0 Å². The Morgan fingerprint density at radius 3 is 2.38 bits per heavy atom. The number of fused-ring (bicyclic) bond motifs is 1. The van der Waals surface area contributed by atoms with E-state index in [1.54, 1.807) is 47.7 Å². The van der Waals surface area contributed by atoms with Gasteiger partial charge in [-0.05, 0) is 61.5 Å². The number of aromatic nitrogens is 1. The van der Waals surface area contributed by atoms with Gasteiger partial charge >= 0.3 is 0 Å². The molecule has 1 aromatic heterocycles. The van der Waals surface area contributed by atoms with Crippen molar-refractivity contribution in [2.75, 3.05) is 10.0 Å². The molecule has 1 amide bonds. The van der Waals surface area contributed by atoms with Gasteiger partial charge in [0.1, 0.15) is 0 Å². The molecule has 0 unspecified atom stereocenters. The van der Waals surface area contributed by atoms with Crippen LogP contribution in [0.3, 0.4) is 0 Å². The molecule has 146 valence electrons. The molecule has 0 saturated carbocycles. The summed E-state index contributed by atoms with van der Waals surface area (Å²) in [4.78, 5) is 17.0. The van der Waals surface area contributed by atoms with Crippen LogP contribution in [0.25, 0.3) is 10.2 Å². The van der Waals surface area contributed by atoms with E-state index in [0.29, 0.717) is 16.9 Å². The van der Waals surface area contributed by atoms with Crippen molar-refractivity contribution < 1.29 is 13.2 Å². The third-order valence-corrected chi connectivity index (χ3v) is 6.54. The van der Waals surface area contributed by atoms with Gasteiger partial charge in [-0.1, -0.05) is 18.2 Å². The van der Waals surface area contributed by atoms with Gasteiger partial charge in [-0.3, -0.25) is 9.52 Å². The van der Waals surface area contributed by atoms with Crippen molar-refractivity contribution >= 4 is 48.9 Å². The van der Waals surface area contributed by atoms with Crippen molar-refractivity contribution in [1.29, 1.82) is 0 Å². The molecule has 6 nitrogen and oxygen atoms in total. The fraction of sp³-hybridized carbons (Fsp3) is 0.0476. The van der Waals surface area contributed by atoms with Crippen LogP contribution in [0.1, 0.15) is 15.4 Å². The largest absolute Gasteiger partial charge is 0.322 e. The zero-order valence-electron chi connectivity index (χ0n) is 15.4. The molecule has 0 spiro atoms. The molecule has 4 aromatic rings. The number of sulfonamides is 1. The molecule has 4 rings (SSSR count). The Hall–Kier alpha value is -3.23. The summed E-state index contributed by atoms with van der Waals surface area (Å²) in [5.74, 6) is -0.314. The molecular weight excluding hydrogens is 406 g/mol. The number of nitrogens with one attached hydrogen (secondary N) is 2. The molecule has 2 N–H and O–H groups in total. The maximum Gasteiger partial charge on any atom is 0.261 e. The summed E-state index contributed by atoms with van der Waals surface area (Å²) < 4.78 is 28.5. The fourth-order valence-electron chi connectivity index (χ4n) is 2.83.